The Morgan fingerprint density at radius 3 is 2.35 bits per heavy atom. The van der Waals surface area contributed by atoms with Crippen LogP contribution in [0.5, 0.6) is 0 Å². The van der Waals surface area contributed by atoms with Crippen molar-refractivity contribution < 1.29 is 17.9 Å². The zero-order chi connectivity index (χ0) is 22.3. The van der Waals surface area contributed by atoms with E-state index in [4.69, 9.17) is 16.3 Å². The number of halogens is 1. The van der Waals surface area contributed by atoms with Gasteiger partial charge in [-0.25, -0.2) is 13.1 Å². The van der Waals surface area contributed by atoms with Gasteiger partial charge in [0.15, 0.2) is 0 Å². The summed E-state index contributed by atoms with van der Waals surface area (Å²) in [5.41, 5.74) is 1.69. The van der Waals surface area contributed by atoms with E-state index < -0.39 is 10.0 Å². The Labute approximate surface area is 188 Å². The van der Waals surface area contributed by atoms with Crippen LogP contribution in [0.4, 0.5) is 0 Å². The lowest BCUT2D eigenvalue weighted by Gasteiger charge is -2.37. The fourth-order valence-corrected chi connectivity index (χ4v) is 4.82. The molecule has 3 rings (SSSR count). The Hall–Kier alpha value is -2.19. The van der Waals surface area contributed by atoms with E-state index in [-0.39, 0.29) is 16.2 Å². The number of carbonyl (C=O) groups excluding carboxylic acids is 1. The van der Waals surface area contributed by atoms with Crippen LogP contribution < -0.4 is 10.0 Å². The molecule has 1 amide bonds. The monoisotopic (exact) mass is 462 g/mol. The van der Waals surface area contributed by atoms with Crippen molar-refractivity contribution in [3.8, 4) is 0 Å². The highest BCUT2D eigenvalue weighted by molar-refractivity contribution is 7.89. The normalized spacial score (nSPS) is 16.3. The van der Waals surface area contributed by atoms with Gasteiger partial charge in [-0.3, -0.25) is 4.79 Å². The summed E-state index contributed by atoms with van der Waals surface area (Å²) in [5.74, 6) is -0.204. The molecule has 0 saturated carbocycles. The molecular formula is C23H27ClN2O4S. The average molecular weight is 463 g/mol. The lowest BCUT2D eigenvalue weighted by molar-refractivity contribution is -0.116. The second-order valence-corrected chi connectivity index (χ2v) is 9.72. The second kappa shape index (κ2) is 10.4. The van der Waals surface area contributed by atoms with E-state index in [9.17, 15) is 13.2 Å². The Bertz CT molecular complexity index is 1010. The minimum atomic E-state index is -3.49. The summed E-state index contributed by atoms with van der Waals surface area (Å²) in [6.45, 7) is 3.85. The van der Waals surface area contributed by atoms with Crippen LogP contribution in [0.15, 0.2) is 59.5 Å². The minimum Gasteiger partial charge on any atom is -0.381 e. The molecule has 0 atom stereocenters. The Balaban J connectivity index is 1.64. The van der Waals surface area contributed by atoms with Gasteiger partial charge in [0.1, 0.15) is 0 Å². The van der Waals surface area contributed by atoms with Crippen LogP contribution in [0, 0.1) is 0 Å². The van der Waals surface area contributed by atoms with E-state index >= 15 is 0 Å². The third kappa shape index (κ3) is 6.17. The SMILES string of the molecule is CCNS(=O)(=O)c1ccc(/C=C/C(=O)NCC2(c3ccc(Cl)cc3)CCOCC2)cc1. The van der Waals surface area contributed by atoms with Gasteiger partial charge in [0.2, 0.25) is 15.9 Å². The first-order valence-electron chi connectivity index (χ1n) is 10.2. The smallest absolute Gasteiger partial charge is 0.244 e. The van der Waals surface area contributed by atoms with Crippen molar-refractivity contribution >= 4 is 33.6 Å². The molecule has 1 saturated heterocycles. The van der Waals surface area contributed by atoms with E-state index in [1.807, 2.05) is 24.3 Å². The molecule has 6 nitrogen and oxygen atoms in total. The van der Waals surface area contributed by atoms with Crippen LogP contribution in [0.25, 0.3) is 6.08 Å². The molecule has 2 aromatic carbocycles. The van der Waals surface area contributed by atoms with Crippen LogP contribution in [0.1, 0.15) is 30.9 Å². The van der Waals surface area contributed by atoms with E-state index in [1.165, 1.54) is 18.2 Å². The highest BCUT2D eigenvalue weighted by atomic mass is 35.5. The van der Waals surface area contributed by atoms with E-state index in [1.54, 1.807) is 25.1 Å². The van der Waals surface area contributed by atoms with Crippen LogP contribution in [-0.4, -0.2) is 40.6 Å². The molecule has 1 aliphatic heterocycles. The molecule has 1 fully saturated rings. The van der Waals surface area contributed by atoms with Crippen LogP contribution in [0.2, 0.25) is 5.02 Å². The summed E-state index contributed by atoms with van der Waals surface area (Å²) >= 11 is 6.03. The molecule has 0 aromatic heterocycles. The maximum absolute atomic E-state index is 12.4. The minimum absolute atomic E-state index is 0.186. The van der Waals surface area contributed by atoms with E-state index in [2.05, 4.69) is 10.0 Å². The fourth-order valence-electron chi connectivity index (χ4n) is 3.65. The third-order valence-corrected chi connectivity index (χ3v) is 7.27. The number of hydrogen-bond acceptors (Lipinski definition) is 4. The molecule has 8 heteroatoms. The summed E-state index contributed by atoms with van der Waals surface area (Å²) in [4.78, 5) is 12.6. The molecule has 2 N–H and O–H groups in total. The highest BCUT2D eigenvalue weighted by Crippen LogP contribution is 2.34. The number of carbonyl (C=O) groups is 1. The highest BCUT2D eigenvalue weighted by Gasteiger charge is 2.34. The topological polar surface area (TPSA) is 84.5 Å². The number of rotatable bonds is 8. The molecule has 0 spiro atoms. The van der Waals surface area contributed by atoms with Gasteiger partial charge in [0.25, 0.3) is 0 Å². The molecule has 0 bridgehead atoms. The Morgan fingerprint density at radius 2 is 1.74 bits per heavy atom. The van der Waals surface area contributed by atoms with Crippen LogP contribution in [0.3, 0.4) is 0 Å². The van der Waals surface area contributed by atoms with Gasteiger partial charge >= 0.3 is 0 Å². The van der Waals surface area contributed by atoms with Gasteiger partial charge < -0.3 is 10.1 Å². The third-order valence-electron chi connectivity index (χ3n) is 5.46. The second-order valence-electron chi connectivity index (χ2n) is 7.52. The van der Waals surface area contributed by atoms with Gasteiger partial charge in [-0.1, -0.05) is 42.8 Å². The molecule has 31 heavy (non-hydrogen) atoms. The van der Waals surface area contributed by atoms with Crippen LogP contribution in [-0.2, 0) is 25.0 Å². The summed E-state index contributed by atoms with van der Waals surface area (Å²) in [7, 11) is -3.49. The van der Waals surface area contributed by atoms with Crippen LogP contribution >= 0.6 is 11.6 Å². The number of amides is 1. The number of sulfonamides is 1. The fraction of sp³-hybridized carbons (Fsp3) is 0.348. The standard InChI is InChI=1S/C23H27ClN2O4S/c1-2-26-31(28,29)21-10-3-18(4-11-21)5-12-22(27)25-17-23(13-15-30-16-14-23)19-6-8-20(24)9-7-19/h3-12,26H,2,13-17H2,1H3,(H,25,27)/b12-5+. The van der Waals surface area contributed by atoms with Crippen molar-refractivity contribution in [1.82, 2.24) is 10.0 Å². The van der Waals surface area contributed by atoms with Crippen molar-refractivity contribution in [2.45, 2.75) is 30.1 Å². The van der Waals surface area contributed by atoms with Crippen molar-refractivity contribution in [2.24, 2.45) is 0 Å². The molecular weight excluding hydrogens is 436 g/mol. The summed E-state index contributed by atoms with van der Waals surface area (Å²) < 4.78 is 32.0. The van der Waals surface area contributed by atoms with Gasteiger partial charge in [-0.15, -0.1) is 0 Å². The van der Waals surface area contributed by atoms with Gasteiger partial charge in [-0.05, 0) is 54.3 Å². The Kier molecular flexibility index (Phi) is 7.89. The maximum atomic E-state index is 12.4. The summed E-state index contributed by atoms with van der Waals surface area (Å²) in [5, 5.41) is 3.69. The van der Waals surface area contributed by atoms with Crippen molar-refractivity contribution in [3.05, 3.63) is 70.8 Å². The first kappa shape index (κ1) is 23.5. The lowest BCUT2D eigenvalue weighted by Crippen LogP contribution is -2.44. The zero-order valence-electron chi connectivity index (χ0n) is 17.4. The largest absolute Gasteiger partial charge is 0.381 e. The van der Waals surface area contributed by atoms with E-state index in [0.717, 1.165) is 24.0 Å². The van der Waals surface area contributed by atoms with Crippen molar-refractivity contribution in [3.63, 3.8) is 0 Å². The predicted molar refractivity (Wildman–Crippen MR) is 123 cm³/mol. The van der Waals surface area contributed by atoms with Crippen molar-refractivity contribution in [1.29, 1.82) is 0 Å². The first-order valence-corrected chi connectivity index (χ1v) is 12.1. The molecule has 0 aliphatic carbocycles. The first-order chi connectivity index (χ1) is 14.8. The zero-order valence-corrected chi connectivity index (χ0v) is 19.0. The Morgan fingerprint density at radius 1 is 1.10 bits per heavy atom. The van der Waals surface area contributed by atoms with Crippen molar-refractivity contribution in [2.75, 3.05) is 26.3 Å². The molecule has 0 unspecified atom stereocenters. The summed E-state index contributed by atoms with van der Waals surface area (Å²) in [6.07, 6.45) is 4.77. The molecule has 1 heterocycles. The van der Waals surface area contributed by atoms with E-state index in [0.29, 0.717) is 31.3 Å². The number of nitrogens with one attached hydrogen (secondary N) is 2. The maximum Gasteiger partial charge on any atom is 0.244 e. The number of ether oxygens (including phenoxy) is 1. The lowest BCUT2D eigenvalue weighted by atomic mass is 9.74. The predicted octanol–water partition coefficient (Wildman–Crippen LogP) is 3.52. The molecule has 2 aromatic rings. The average Bonchev–Trinajstić information content (AvgIpc) is 2.77. The molecule has 0 radical (unpaired) electrons. The van der Waals surface area contributed by atoms with Gasteiger partial charge in [0.05, 0.1) is 4.90 Å². The molecule has 166 valence electrons. The van der Waals surface area contributed by atoms with Gasteiger partial charge in [0, 0.05) is 42.8 Å². The molecule has 1 aliphatic rings. The number of hydrogen-bond donors (Lipinski definition) is 2. The quantitative estimate of drug-likeness (QED) is 0.588. The number of benzene rings is 2. The van der Waals surface area contributed by atoms with Gasteiger partial charge in [-0.2, -0.15) is 0 Å². The summed E-state index contributed by atoms with van der Waals surface area (Å²) in [6, 6.07) is 14.1.